The maximum absolute atomic E-state index is 12.9. The van der Waals surface area contributed by atoms with Crippen LogP contribution in [0.5, 0.6) is 0 Å². The monoisotopic (exact) mass is 1380 g/mol. The number of ether oxygens (including phenoxy) is 4. The first-order valence-corrected chi connectivity index (χ1v) is 40.3. The van der Waals surface area contributed by atoms with Crippen molar-refractivity contribution in [1.29, 1.82) is 0 Å². The van der Waals surface area contributed by atoms with Gasteiger partial charge >= 0.3 is 23.9 Å². The molecule has 564 valence electrons. The minimum absolute atomic E-state index is 0.0302. The van der Waals surface area contributed by atoms with Gasteiger partial charge in [0.05, 0.1) is 18.3 Å². The molecule has 0 bridgehead atoms. The smallest absolute Gasteiger partial charge is 0.306 e. The lowest BCUT2D eigenvalue weighted by Gasteiger charge is -2.25. The Morgan fingerprint density at radius 1 is 0.330 bits per heavy atom. The SMILES string of the molecule is CC/C=C\C/C=C\C/C=C\C/C=C\C/C=C\C/C=C\CCC(=O)O[C@@H]1C[C@H](C)[C@H](C/C=C\CCCC(=O)OC(C)C)[C@H]1CCCCCCCC.CC/C=C\C/C=C\C/C=C\C/C=C\C/C=C\C/C=C\CCC(=O)O[C@@H]1C[C@H](O)[C@H](C/C=C\CCCC(=O)OC(C)C)[C@H]1CCCCCCCC. The second-order valence-electron chi connectivity index (χ2n) is 28.0. The van der Waals surface area contributed by atoms with Crippen LogP contribution >= 0.6 is 0 Å². The maximum atomic E-state index is 12.9. The van der Waals surface area contributed by atoms with Gasteiger partial charge in [0, 0.05) is 38.0 Å². The van der Waals surface area contributed by atoms with E-state index in [1.165, 1.54) is 70.6 Å². The van der Waals surface area contributed by atoms with Crippen molar-refractivity contribution < 1.29 is 43.2 Å². The Morgan fingerprint density at radius 3 is 0.980 bits per heavy atom. The third kappa shape index (κ3) is 54.9. The van der Waals surface area contributed by atoms with Gasteiger partial charge < -0.3 is 24.1 Å². The highest BCUT2D eigenvalue weighted by Crippen LogP contribution is 2.44. The van der Waals surface area contributed by atoms with Gasteiger partial charge in [-0.25, -0.2) is 0 Å². The zero-order chi connectivity index (χ0) is 73.0. The van der Waals surface area contributed by atoms with Gasteiger partial charge in [-0.2, -0.15) is 0 Å². The minimum Gasteiger partial charge on any atom is -0.463 e. The second kappa shape index (κ2) is 67.7. The van der Waals surface area contributed by atoms with Crippen molar-refractivity contribution in [2.45, 2.75) is 350 Å². The summed E-state index contributed by atoms with van der Waals surface area (Å²) in [4.78, 5) is 49.3. The number of rotatable bonds is 58. The Kier molecular flexibility index (Phi) is 62.4. The molecule has 0 aromatic carbocycles. The van der Waals surface area contributed by atoms with E-state index < -0.39 is 6.10 Å². The third-order valence-electron chi connectivity index (χ3n) is 18.3. The van der Waals surface area contributed by atoms with E-state index in [9.17, 15) is 24.3 Å². The number of allylic oxidation sites excluding steroid dienone is 28. The van der Waals surface area contributed by atoms with Crippen LogP contribution < -0.4 is 0 Å². The van der Waals surface area contributed by atoms with E-state index in [0.717, 1.165) is 148 Å². The maximum Gasteiger partial charge on any atom is 0.306 e. The standard InChI is InChI=1S/C46H74O4.C45H72O5/c1-6-8-10-12-14-15-16-17-18-19-20-21-22-23-24-25-26-28-33-38-46(48)50-44-39-41(5)42(43(44)36-32-27-13-11-9-7-2)35-31-29-30-34-37-45(47)49-40(3)4;1-5-7-9-11-13-14-15-16-17-18-19-20-21-22-23-24-25-27-32-37-45(48)50-43-38-42(46)40(41(43)35-31-26-12-10-8-6-2)34-30-28-29-33-36-44(47)49-39(3)4/h8,10,14-15,17-18,20-21,23-24,26,28-29,31,40-44H,6-7,9,11-13,16,19,22,25,27,30,32-39H2,1-5H3;7,9,13-14,16-17,19-20,22-23,25,27-28,30,39-43,46H,5-6,8,10-12,15,18,21,24,26,29,31-38H2,1-4H3/b10-8-,15-14-,18-17-,21-20-,24-23-,28-26-,31-29-;9-7-,14-13-,17-16-,20-19-,23-22-,27-25-,30-28-/t41-,42-,43+,44+;40-,41-,42+,43-/m01/s1. The molecule has 0 aromatic rings. The molecule has 0 spiro atoms. The lowest BCUT2D eigenvalue weighted by molar-refractivity contribution is -0.152. The summed E-state index contributed by atoms with van der Waals surface area (Å²) in [5.74, 6) is 1.29. The molecule has 0 saturated heterocycles. The summed E-state index contributed by atoms with van der Waals surface area (Å²) >= 11 is 0. The van der Waals surface area contributed by atoms with Crippen LogP contribution in [0, 0.1) is 29.6 Å². The molecular weight excluding hydrogens is 1240 g/mol. The zero-order valence-electron chi connectivity index (χ0n) is 64.9. The number of hydrogen-bond acceptors (Lipinski definition) is 9. The van der Waals surface area contributed by atoms with Gasteiger partial charge in [-0.3, -0.25) is 19.2 Å². The van der Waals surface area contributed by atoms with Crippen molar-refractivity contribution in [3.63, 3.8) is 0 Å². The fourth-order valence-electron chi connectivity index (χ4n) is 12.9. The van der Waals surface area contributed by atoms with E-state index >= 15 is 0 Å². The van der Waals surface area contributed by atoms with Crippen molar-refractivity contribution in [1.82, 2.24) is 0 Å². The van der Waals surface area contributed by atoms with Crippen molar-refractivity contribution in [2.24, 2.45) is 29.6 Å². The molecule has 2 aliphatic carbocycles. The first kappa shape index (κ1) is 92.2. The van der Waals surface area contributed by atoms with Crippen molar-refractivity contribution >= 4 is 23.9 Å². The van der Waals surface area contributed by atoms with Gasteiger partial charge in [0.1, 0.15) is 12.2 Å². The molecule has 0 heterocycles. The van der Waals surface area contributed by atoms with Crippen LogP contribution in [0.4, 0.5) is 0 Å². The molecule has 2 fully saturated rings. The lowest BCUT2D eigenvalue weighted by Crippen LogP contribution is -2.26. The third-order valence-corrected chi connectivity index (χ3v) is 18.3. The summed E-state index contributed by atoms with van der Waals surface area (Å²) in [5.41, 5.74) is 0. The van der Waals surface area contributed by atoms with Gasteiger partial charge in [-0.05, 0) is 199 Å². The summed E-state index contributed by atoms with van der Waals surface area (Å²) < 4.78 is 22.7. The van der Waals surface area contributed by atoms with Crippen LogP contribution in [0.2, 0.25) is 0 Å². The molecule has 2 rings (SSSR count). The normalized spacial score (nSPS) is 20.1. The van der Waals surface area contributed by atoms with E-state index in [1.807, 2.05) is 27.7 Å². The van der Waals surface area contributed by atoms with Crippen LogP contribution in [0.3, 0.4) is 0 Å². The highest BCUT2D eigenvalue weighted by Gasteiger charge is 2.44. The summed E-state index contributed by atoms with van der Waals surface area (Å²) in [6, 6.07) is 0. The number of carbonyl (C=O) groups excluding carboxylic acids is 4. The molecule has 2 aliphatic rings. The van der Waals surface area contributed by atoms with Crippen LogP contribution in [0.25, 0.3) is 0 Å². The minimum atomic E-state index is -0.466. The number of hydrogen-bond donors (Lipinski definition) is 1. The highest BCUT2D eigenvalue weighted by atomic mass is 16.6. The number of esters is 4. The van der Waals surface area contributed by atoms with E-state index in [-0.39, 0.29) is 60.1 Å². The highest BCUT2D eigenvalue weighted by molar-refractivity contribution is 5.70. The van der Waals surface area contributed by atoms with Gasteiger partial charge in [-0.15, -0.1) is 0 Å². The Balaban J connectivity index is 0.000001000. The van der Waals surface area contributed by atoms with Crippen molar-refractivity contribution in [3.05, 3.63) is 170 Å². The fourth-order valence-corrected chi connectivity index (χ4v) is 12.9. The molecule has 9 heteroatoms. The largest absolute Gasteiger partial charge is 0.463 e. The summed E-state index contributed by atoms with van der Waals surface area (Å²) in [6.07, 6.45) is 99.1. The van der Waals surface area contributed by atoms with Gasteiger partial charge in [0.15, 0.2) is 0 Å². The van der Waals surface area contributed by atoms with Gasteiger partial charge in [-0.1, -0.05) is 282 Å². The molecule has 9 nitrogen and oxygen atoms in total. The van der Waals surface area contributed by atoms with Crippen LogP contribution in [0.1, 0.15) is 319 Å². The zero-order valence-corrected chi connectivity index (χ0v) is 64.9. The number of aliphatic hydroxyl groups excluding tert-OH is 1. The molecule has 0 aliphatic heterocycles. The number of carbonyl (C=O) groups is 4. The quantitative estimate of drug-likeness (QED) is 0.0274. The Bertz CT molecular complexity index is 2280. The summed E-state index contributed by atoms with van der Waals surface area (Å²) in [7, 11) is 0. The molecule has 2 saturated carbocycles. The second-order valence-corrected chi connectivity index (χ2v) is 28.0. The van der Waals surface area contributed by atoms with E-state index in [4.69, 9.17) is 18.9 Å². The van der Waals surface area contributed by atoms with Crippen LogP contribution in [0.15, 0.2) is 170 Å². The summed E-state index contributed by atoms with van der Waals surface area (Å²) in [6.45, 7) is 18.6. The van der Waals surface area contributed by atoms with Gasteiger partial charge in [0.25, 0.3) is 0 Å². The average Bonchev–Trinajstić information content (AvgIpc) is 1.69. The first-order chi connectivity index (χ1) is 48.8. The average molecular weight is 1380 g/mol. The van der Waals surface area contributed by atoms with Crippen LogP contribution in [-0.4, -0.2) is 59.5 Å². The van der Waals surface area contributed by atoms with Crippen molar-refractivity contribution in [3.8, 4) is 0 Å². The van der Waals surface area contributed by atoms with Crippen LogP contribution in [-0.2, 0) is 38.1 Å². The Morgan fingerprint density at radius 2 is 0.630 bits per heavy atom. The number of unbranched alkanes of at least 4 members (excludes halogenated alkanes) is 12. The molecule has 0 amide bonds. The Labute approximate surface area is 613 Å². The summed E-state index contributed by atoms with van der Waals surface area (Å²) in [5, 5.41) is 11.0. The lowest BCUT2D eigenvalue weighted by atomic mass is 9.83. The molecule has 100 heavy (non-hydrogen) atoms. The van der Waals surface area contributed by atoms with E-state index in [0.29, 0.717) is 56.3 Å². The van der Waals surface area contributed by atoms with Gasteiger partial charge in [0.2, 0.25) is 0 Å². The molecule has 0 radical (unpaired) electrons. The Hall–Kier alpha value is -5.80. The fraction of sp³-hybridized carbons (Fsp3) is 0.648. The molecule has 0 unspecified atom stereocenters. The molecule has 0 aromatic heterocycles. The first-order valence-electron chi connectivity index (χ1n) is 40.3. The molecular formula is C91H146O9. The predicted molar refractivity (Wildman–Crippen MR) is 427 cm³/mol. The van der Waals surface area contributed by atoms with E-state index in [2.05, 4.69) is 205 Å². The number of aliphatic hydroxyl groups is 1. The molecule has 8 atom stereocenters. The topological polar surface area (TPSA) is 125 Å². The van der Waals surface area contributed by atoms with E-state index in [1.54, 1.807) is 0 Å². The predicted octanol–water partition coefficient (Wildman–Crippen LogP) is 25.7. The van der Waals surface area contributed by atoms with Crippen molar-refractivity contribution in [2.75, 3.05) is 0 Å². The molecule has 1 N–H and O–H groups in total.